The van der Waals surface area contributed by atoms with Crippen molar-refractivity contribution in [1.82, 2.24) is 15.4 Å². The molecule has 3 aromatic rings. The normalized spacial score (nSPS) is 15.2. The standard InChI is InChI=1S/C24H19FN4O5/c1-34-19-7-3-6-18(13-19)28-21(30)14-20(24(28)33)29(23(32)16-4-2-5-17(25)12-16)27-22(31)15-8-10-26-11-9-15/h2-13,20H,14H2,1H3,(H,27,31). The van der Waals surface area contributed by atoms with Crippen molar-refractivity contribution in [2.24, 2.45) is 0 Å². The highest BCUT2D eigenvalue weighted by atomic mass is 19.1. The van der Waals surface area contributed by atoms with Crippen molar-refractivity contribution >= 4 is 29.3 Å². The summed E-state index contributed by atoms with van der Waals surface area (Å²) in [5, 5.41) is 0.776. The number of methoxy groups -OCH3 is 1. The summed E-state index contributed by atoms with van der Waals surface area (Å²) in [5.74, 6) is -3.08. The van der Waals surface area contributed by atoms with Crippen LogP contribution in [0.15, 0.2) is 73.1 Å². The van der Waals surface area contributed by atoms with E-state index in [-0.39, 0.29) is 23.2 Å². The maximum Gasteiger partial charge on any atom is 0.273 e. The van der Waals surface area contributed by atoms with Gasteiger partial charge in [0.25, 0.3) is 17.7 Å². The van der Waals surface area contributed by atoms with Crippen molar-refractivity contribution < 1.29 is 28.3 Å². The van der Waals surface area contributed by atoms with Crippen molar-refractivity contribution in [3.63, 3.8) is 0 Å². The average molecular weight is 462 g/mol. The molecule has 9 nitrogen and oxygen atoms in total. The van der Waals surface area contributed by atoms with Gasteiger partial charge in [-0.1, -0.05) is 12.1 Å². The molecule has 1 fully saturated rings. The highest BCUT2D eigenvalue weighted by Crippen LogP contribution is 2.28. The van der Waals surface area contributed by atoms with Crippen LogP contribution in [0.2, 0.25) is 0 Å². The zero-order valence-electron chi connectivity index (χ0n) is 18.0. The van der Waals surface area contributed by atoms with Crippen LogP contribution in [0.25, 0.3) is 0 Å². The third-order valence-electron chi connectivity index (χ3n) is 5.20. The molecule has 1 N–H and O–H groups in total. The van der Waals surface area contributed by atoms with Gasteiger partial charge in [-0.15, -0.1) is 0 Å². The Balaban J connectivity index is 1.69. The molecule has 1 unspecified atom stereocenters. The van der Waals surface area contributed by atoms with E-state index in [1.165, 1.54) is 49.8 Å². The fourth-order valence-corrected chi connectivity index (χ4v) is 3.55. The molecular formula is C24H19FN4O5. The van der Waals surface area contributed by atoms with Gasteiger partial charge in [0.1, 0.15) is 17.6 Å². The van der Waals surface area contributed by atoms with E-state index in [9.17, 15) is 23.6 Å². The second-order valence-corrected chi connectivity index (χ2v) is 7.35. The van der Waals surface area contributed by atoms with Gasteiger partial charge in [-0.25, -0.2) is 14.3 Å². The molecule has 10 heteroatoms. The first-order valence-corrected chi connectivity index (χ1v) is 10.2. The van der Waals surface area contributed by atoms with E-state index in [4.69, 9.17) is 4.74 Å². The van der Waals surface area contributed by atoms with Gasteiger partial charge in [0.15, 0.2) is 0 Å². The van der Waals surface area contributed by atoms with Crippen LogP contribution in [-0.2, 0) is 9.59 Å². The number of hydrogen-bond donors (Lipinski definition) is 1. The van der Waals surface area contributed by atoms with Crippen LogP contribution in [-0.4, -0.2) is 46.8 Å². The average Bonchev–Trinajstić information content (AvgIpc) is 3.15. The maximum absolute atomic E-state index is 13.8. The van der Waals surface area contributed by atoms with Gasteiger partial charge >= 0.3 is 0 Å². The minimum absolute atomic E-state index is 0.102. The maximum atomic E-state index is 13.8. The van der Waals surface area contributed by atoms with Crippen LogP contribution >= 0.6 is 0 Å². The number of anilines is 1. The summed E-state index contributed by atoms with van der Waals surface area (Å²) in [4.78, 5) is 57.0. The summed E-state index contributed by atoms with van der Waals surface area (Å²) in [5.41, 5.74) is 2.74. The first-order valence-electron chi connectivity index (χ1n) is 10.2. The molecule has 1 saturated heterocycles. The molecule has 172 valence electrons. The molecule has 34 heavy (non-hydrogen) atoms. The minimum atomic E-state index is -1.35. The number of pyridine rings is 1. The van der Waals surface area contributed by atoms with E-state index in [0.29, 0.717) is 5.75 Å². The molecule has 2 heterocycles. The number of carbonyl (C=O) groups is 4. The van der Waals surface area contributed by atoms with Crippen LogP contribution in [0.4, 0.5) is 10.1 Å². The highest BCUT2D eigenvalue weighted by molar-refractivity contribution is 6.23. The van der Waals surface area contributed by atoms with Crippen molar-refractivity contribution in [1.29, 1.82) is 0 Å². The van der Waals surface area contributed by atoms with Gasteiger partial charge in [-0.3, -0.25) is 29.6 Å². The lowest BCUT2D eigenvalue weighted by molar-refractivity contribution is -0.122. The Hall–Kier alpha value is -4.60. The number of carbonyl (C=O) groups excluding carboxylic acids is 4. The first-order chi connectivity index (χ1) is 16.4. The number of benzene rings is 2. The SMILES string of the molecule is COc1cccc(N2C(=O)CC(N(NC(=O)c3ccncc3)C(=O)c3cccc(F)c3)C2=O)c1. The van der Waals surface area contributed by atoms with E-state index >= 15 is 0 Å². The van der Waals surface area contributed by atoms with Crippen molar-refractivity contribution in [3.8, 4) is 5.75 Å². The Labute approximate surface area is 193 Å². The Morgan fingerprint density at radius 3 is 2.50 bits per heavy atom. The molecule has 1 atom stereocenters. The second-order valence-electron chi connectivity index (χ2n) is 7.35. The minimum Gasteiger partial charge on any atom is -0.497 e. The lowest BCUT2D eigenvalue weighted by Crippen LogP contribution is -2.54. The number of halogens is 1. The molecule has 0 radical (unpaired) electrons. The summed E-state index contributed by atoms with van der Waals surface area (Å²) < 4.78 is 18.9. The molecule has 4 amide bonds. The topological polar surface area (TPSA) is 109 Å². The smallest absolute Gasteiger partial charge is 0.273 e. The summed E-state index contributed by atoms with van der Waals surface area (Å²) in [7, 11) is 1.45. The molecule has 2 aromatic carbocycles. The number of amides is 4. The number of imide groups is 1. The van der Waals surface area contributed by atoms with Gasteiger partial charge in [0.05, 0.1) is 19.2 Å². The van der Waals surface area contributed by atoms with Gasteiger partial charge in [0.2, 0.25) is 5.91 Å². The van der Waals surface area contributed by atoms with E-state index < -0.39 is 35.5 Å². The molecular weight excluding hydrogens is 443 g/mol. The van der Waals surface area contributed by atoms with Gasteiger partial charge in [-0.2, -0.15) is 0 Å². The quantitative estimate of drug-likeness (QED) is 0.461. The Bertz CT molecular complexity index is 1270. The van der Waals surface area contributed by atoms with Crippen LogP contribution in [0.5, 0.6) is 5.75 Å². The largest absolute Gasteiger partial charge is 0.497 e. The van der Waals surface area contributed by atoms with Gasteiger partial charge in [0, 0.05) is 29.6 Å². The molecule has 0 aliphatic carbocycles. The van der Waals surface area contributed by atoms with Crippen molar-refractivity contribution in [3.05, 3.63) is 90.0 Å². The zero-order valence-corrected chi connectivity index (χ0v) is 18.0. The van der Waals surface area contributed by atoms with Gasteiger partial charge < -0.3 is 4.74 Å². The molecule has 0 saturated carbocycles. The highest BCUT2D eigenvalue weighted by Gasteiger charge is 2.45. The van der Waals surface area contributed by atoms with E-state index in [2.05, 4.69) is 10.4 Å². The number of rotatable bonds is 5. The fraction of sp³-hybridized carbons (Fsp3) is 0.125. The molecule has 1 aliphatic rings. The first kappa shape index (κ1) is 22.6. The van der Waals surface area contributed by atoms with Crippen LogP contribution in [0, 0.1) is 5.82 Å². The summed E-state index contributed by atoms with van der Waals surface area (Å²) in [6.45, 7) is 0. The van der Waals surface area contributed by atoms with Crippen LogP contribution in [0.1, 0.15) is 27.1 Å². The van der Waals surface area contributed by atoms with Gasteiger partial charge in [-0.05, 0) is 42.5 Å². The number of hydrazine groups is 1. The molecule has 0 bridgehead atoms. The van der Waals surface area contributed by atoms with Crippen LogP contribution in [0.3, 0.4) is 0 Å². The third kappa shape index (κ3) is 4.46. The number of ether oxygens (including phenoxy) is 1. The number of nitrogens with zero attached hydrogens (tertiary/aromatic N) is 3. The van der Waals surface area contributed by atoms with Crippen LogP contribution < -0.4 is 15.1 Å². The third-order valence-corrected chi connectivity index (χ3v) is 5.20. The molecule has 0 spiro atoms. The number of hydrogen-bond acceptors (Lipinski definition) is 6. The monoisotopic (exact) mass is 462 g/mol. The van der Waals surface area contributed by atoms with Crippen molar-refractivity contribution in [2.75, 3.05) is 12.0 Å². The van der Waals surface area contributed by atoms with E-state index in [0.717, 1.165) is 22.0 Å². The second kappa shape index (κ2) is 9.49. The number of nitrogens with one attached hydrogen (secondary N) is 1. The fourth-order valence-electron chi connectivity index (χ4n) is 3.55. The van der Waals surface area contributed by atoms with E-state index in [1.807, 2.05) is 0 Å². The summed E-state index contributed by atoms with van der Waals surface area (Å²) in [6, 6.07) is 12.6. The van der Waals surface area contributed by atoms with E-state index in [1.54, 1.807) is 18.2 Å². The summed E-state index contributed by atoms with van der Waals surface area (Å²) in [6.07, 6.45) is 2.40. The molecule has 1 aromatic heterocycles. The predicted molar refractivity (Wildman–Crippen MR) is 118 cm³/mol. The number of aromatic nitrogens is 1. The lowest BCUT2D eigenvalue weighted by atomic mass is 10.1. The Kier molecular flexibility index (Phi) is 6.30. The summed E-state index contributed by atoms with van der Waals surface area (Å²) >= 11 is 0. The molecule has 4 rings (SSSR count). The zero-order chi connectivity index (χ0) is 24.2. The predicted octanol–water partition coefficient (Wildman–Crippen LogP) is 2.35. The lowest BCUT2D eigenvalue weighted by Gasteiger charge is -2.28. The Morgan fingerprint density at radius 2 is 1.79 bits per heavy atom. The molecule has 1 aliphatic heterocycles. The van der Waals surface area contributed by atoms with Crippen molar-refractivity contribution in [2.45, 2.75) is 12.5 Å². The Morgan fingerprint density at radius 1 is 1.06 bits per heavy atom.